The zero-order chi connectivity index (χ0) is 14.9. The van der Waals surface area contributed by atoms with Crippen molar-refractivity contribution in [3.05, 3.63) is 22.8 Å². The van der Waals surface area contributed by atoms with Gasteiger partial charge in [-0.25, -0.2) is 9.78 Å². The number of halogens is 1. The number of nitrogens with one attached hydrogen (secondary N) is 1. The van der Waals surface area contributed by atoms with E-state index in [0.717, 1.165) is 11.1 Å². The molecule has 20 heavy (non-hydrogen) atoms. The zero-order valence-corrected chi connectivity index (χ0v) is 11.3. The van der Waals surface area contributed by atoms with Crippen LogP contribution >= 0.6 is 11.6 Å². The zero-order valence-electron chi connectivity index (χ0n) is 10.6. The third-order valence-corrected chi connectivity index (χ3v) is 3.34. The molecule has 2 amide bonds. The Hall–Kier alpha value is -2.15. The first kappa shape index (κ1) is 14.3. The van der Waals surface area contributed by atoms with Crippen LogP contribution in [0, 0.1) is 0 Å². The Kier molecular flexibility index (Phi) is 3.89. The average Bonchev–Trinajstić information content (AvgIpc) is 2.41. The molecule has 0 bridgehead atoms. The summed E-state index contributed by atoms with van der Waals surface area (Å²) in [7, 11) is 1.42. The van der Waals surface area contributed by atoms with E-state index >= 15 is 0 Å². The minimum Gasteiger partial charge on any atom is -0.478 e. The van der Waals surface area contributed by atoms with E-state index in [1.807, 2.05) is 0 Å². The van der Waals surface area contributed by atoms with E-state index in [1.54, 1.807) is 0 Å². The van der Waals surface area contributed by atoms with Gasteiger partial charge in [0, 0.05) is 19.7 Å². The number of hydrogen-bond donors (Lipinski definition) is 2. The fourth-order valence-electron chi connectivity index (χ4n) is 1.88. The van der Waals surface area contributed by atoms with Gasteiger partial charge in [0.15, 0.2) is 0 Å². The van der Waals surface area contributed by atoms with Crippen molar-refractivity contribution in [3.8, 4) is 0 Å². The van der Waals surface area contributed by atoms with E-state index in [0.29, 0.717) is 6.42 Å². The molecule has 1 fully saturated rings. The lowest BCUT2D eigenvalue weighted by molar-refractivity contribution is -0.146. The number of carbonyl (C=O) groups is 3. The smallest absolute Gasteiger partial charge is 0.337 e. The van der Waals surface area contributed by atoms with E-state index in [4.69, 9.17) is 16.7 Å². The number of carboxylic acid groups (broad SMARTS) is 1. The lowest BCUT2D eigenvalue weighted by Crippen LogP contribution is -2.48. The first-order valence-electron chi connectivity index (χ1n) is 5.86. The lowest BCUT2D eigenvalue weighted by atomic mass is 10.0. The fraction of sp³-hybridized carbons (Fsp3) is 0.333. The Morgan fingerprint density at radius 2 is 2.25 bits per heavy atom. The maximum absolute atomic E-state index is 11.9. The van der Waals surface area contributed by atoms with Gasteiger partial charge < -0.3 is 10.4 Å². The summed E-state index contributed by atoms with van der Waals surface area (Å²) in [6, 6.07) is 0.653. The molecule has 0 spiro atoms. The Balaban J connectivity index is 2.16. The van der Waals surface area contributed by atoms with E-state index in [1.165, 1.54) is 13.1 Å². The van der Waals surface area contributed by atoms with Crippen molar-refractivity contribution in [2.45, 2.75) is 18.9 Å². The molecule has 106 valence electrons. The van der Waals surface area contributed by atoms with Crippen molar-refractivity contribution >= 4 is 35.2 Å². The SMILES string of the molecule is CN1C(=O)CCC(Nc2ncc(C(=O)O)cc2Cl)C1=O. The quantitative estimate of drug-likeness (QED) is 0.807. The standard InChI is InChI=1S/C12H12ClN3O4/c1-16-9(17)3-2-8(11(16)18)15-10-7(13)4-6(5-14-10)12(19)20/h4-5,8H,2-3H2,1H3,(H,14,15)(H,19,20). The topological polar surface area (TPSA) is 99.6 Å². The fourth-order valence-corrected chi connectivity index (χ4v) is 2.10. The van der Waals surface area contributed by atoms with Crippen molar-refractivity contribution < 1.29 is 19.5 Å². The molecule has 0 radical (unpaired) electrons. The molecule has 0 aliphatic carbocycles. The summed E-state index contributed by atoms with van der Waals surface area (Å²) in [5.41, 5.74) is -0.0391. The third kappa shape index (κ3) is 2.72. The molecule has 2 N–H and O–H groups in total. The number of imide groups is 1. The number of hydrogen-bond acceptors (Lipinski definition) is 5. The molecule has 1 saturated heterocycles. The minimum atomic E-state index is -1.13. The number of carbonyl (C=O) groups excluding carboxylic acids is 2. The summed E-state index contributed by atoms with van der Waals surface area (Å²) in [6.45, 7) is 0. The molecule has 1 aliphatic rings. The minimum absolute atomic E-state index is 0.0391. The van der Waals surface area contributed by atoms with Crippen molar-refractivity contribution in [3.63, 3.8) is 0 Å². The van der Waals surface area contributed by atoms with Crippen molar-refractivity contribution in [2.24, 2.45) is 0 Å². The molecule has 0 saturated carbocycles. The highest BCUT2D eigenvalue weighted by molar-refractivity contribution is 6.33. The van der Waals surface area contributed by atoms with Crippen LogP contribution in [0.2, 0.25) is 5.02 Å². The number of likely N-dealkylation sites (tertiary alicyclic amines) is 1. The Morgan fingerprint density at radius 1 is 1.55 bits per heavy atom. The Morgan fingerprint density at radius 3 is 2.85 bits per heavy atom. The second kappa shape index (κ2) is 5.46. The molecule has 2 heterocycles. The van der Waals surface area contributed by atoms with E-state index in [-0.39, 0.29) is 34.6 Å². The number of piperidine rings is 1. The monoisotopic (exact) mass is 297 g/mol. The largest absolute Gasteiger partial charge is 0.478 e. The summed E-state index contributed by atoms with van der Waals surface area (Å²) in [4.78, 5) is 39.0. The number of likely N-dealkylation sites (N-methyl/N-ethyl adjacent to an activating group) is 1. The summed E-state index contributed by atoms with van der Waals surface area (Å²) < 4.78 is 0. The van der Waals surface area contributed by atoms with Gasteiger partial charge in [-0.05, 0) is 12.5 Å². The Labute approximate surface area is 119 Å². The highest BCUT2D eigenvalue weighted by Gasteiger charge is 2.32. The summed E-state index contributed by atoms with van der Waals surface area (Å²) in [5, 5.41) is 11.8. The number of rotatable bonds is 3. The van der Waals surface area contributed by atoms with Crippen LogP contribution in [0.5, 0.6) is 0 Å². The van der Waals surface area contributed by atoms with Gasteiger partial charge in [0.25, 0.3) is 5.91 Å². The second-order valence-corrected chi connectivity index (χ2v) is 4.79. The van der Waals surface area contributed by atoms with Gasteiger partial charge in [0.1, 0.15) is 11.9 Å². The third-order valence-electron chi connectivity index (χ3n) is 3.05. The normalized spacial score (nSPS) is 19.1. The average molecular weight is 298 g/mol. The van der Waals surface area contributed by atoms with Crippen LogP contribution in [-0.4, -0.2) is 45.9 Å². The number of pyridine rings is 1. The van der Waals surface area contributed by atoms with Gasteiger partial charge in [0.05, 0.1) is 10.6 Å². The van der Waals surface area contributed by atoms with Crippen molar-refractivity contribution in [1.82, 2.24) is 9.88 Å². The van der Waals surface area contributed by atoms with Crippen LogP contribution in [0.3, 0.4) is 0 Å². The Bertz CT molecular complexity index is 590. The van der Waals surface area contributed by atoms with Gasteiger partial charge in [-0.15, -0.1) is 0 Å². The highest BCUT2D eigenvalue weighted by Crippen LogP contribution is 2.23. The molecular formula is C12H12ClN3O4. The van der Waals surface area contributed by atoms with Crippen LogP contribution in [0.15, 0.2) is 12.3 Å². The molecule has 8 heteroatoms. The molecular weight excluding hydrogens is 286 g/mol. The number of amides is 2. The van der Waals surface area contributed by atoms with Crippen molar-refractivity contribution in [1.29, 1.82) is 0 Å². The van der Waals surface area contributed by atoms with E-state index in [9.17, 15) is 14.4 Å². The molecule has 1 unspecified atom stereocenters. The number of carboxylic acids is 1. The summed E-state index contributed by atoms with van der Waals surface area (Å²) in [6.07, 6.45) is 1.75. The van der Waals surface area contributed by atoms with Gasteiger partial charge in [-0.2, -0.15) is 0 Å². The van der Waals surface area contributed by atoms with Gasteiger partial charge in [-0.1, -0.05) is 11.6 Å². The maximum Gasteiger partial charge on any atom is 0.337 e. The molecule has 7 nitrogen and oxygen atoms in total. The van der Waals surface area contributed by atoms with Crippen LogP contribution in [0.25, 0.3) is 0 Å². The first-order chi connectivity index (χ1) is 9.40. The number of anilines is 1. The second-order valence-electron chi connectivity index (χ2n) is 4.39. The van der Waals surface area contributed by atoms with Crippen molar-refractivity contribution in [2.75, 3.05) is 12.4 Å². The van der Waals surface area contributed by atoms with Gasteiger partial charge in [0.2, 0.25) is 5.91 Å². The van der Waals surface area contributed by atoms with Crippen LogP contribution < -0.4 is 5.32 Å². The highest BCUT2D eigenvalue weighted by atomic mass is 35.5. The molecule has 2 rings (SSSR count). The summed E-state index contributed by atoms with van der Waals surface area (Å²) >= 11 is 5.93. The molecule has 1 atom stereocenters. The summed E-state index contributed by atoms with van der Waals surface area (Å²) in [5.74, 6) is -1.50. The van der Waals surface area contributed by atoms with Crippen LogP contribution in [-0.2, 0) is 9.59 Å². The number of nitrogens with zero attached hydrogens (tertiary/aromatic N) is 2. The number of aromatic nitrogens is 1. The first-order valence-corrected chi connectivity index (χ1v) is 6.23. The van der Waals surface area contributed by atoms with Crippen LogP contribution in [0.1, 0.15) is 23.2 Å². The van der Waals surface area contributed by atoms with Crippen LogP contribution in [0.4, 0.5) is 5.82 Å². The predicted octanol–water partition coefficient (Wildman–Crippen LogP) is 0.992. The van der Waals surface area contributed by atoms with Gasteiger partial charge >= 0.3 is 5.97 Å². The van der Waals surface area contributed by atoms with Gasteiger partial charge in [-0.3, -0.25) is 14.5 Å². The molecule has 1 aromatic heterocycles. The number of aromatic carboxylic acids is 1. The molecule has 1 aromatic rings. The van der Waals surface area contributed by atoms with E-state index < -0.39 is 12.0 Å². The molecule has 0 aromatic carbocycles. The maximum atomic E-state index is 11.9. The van der Waals surface area contributed by atoms with E-state index in [2.05, 4.69) is 10.3 Å². The molecule has 1 aliphatic heterocycles. The lowest BCUT2D eigenvalue weighted by Gasteiger charge is -2.28. The predicted molar refractivity (Wildman–Crippen MR) is 70.6 cm³/mol.